The van der Waals surface area contributed by atoms with Gasteiger partial charge >= 0.3 is 6.18 Å². The number of nitrogens with zero attached hydrogens (tertiary/aromatic N) is 2. The first-order valence-electron chi connectivity index (χ1n) is 7.26. The SMILES string of the molecule is COc1ccc(OC)c([C@H]2C(C#N)=C(N)Oc3n[nH]c(C(F)(F)F)c32)c1. The monoisotopic (exact) mass is 366 g/mol. The summed E-state index contributed by atoms with van der Waals surface area (Å²) in [6.45, 7) is 0. The molecule has 1 atom stereocenters. The molecule has 3 N–H and O–H groups in total. The van der Waals surface area contributed by atoms with Gasteiger partial charge in [-0.1, -0.05) is 0 Å². The standard InChI is InChI=1S/C16H13F3N4O3/c1-24-7-3-4-10(25-2)8(5-7)11-9(6-20)14(21)26-15-12(11)13(22-23-15)16(17,18)19/h3-5,11H,21H2,1-2H3,(H,22,23)/t11-/m0/s1. The third-order valence-electron chi connectivity index (χ3n) is 3.97. The summed E-state index contributed by atoms with van der Waals surface area (Å²) in [6, 6.07) is 6.42. The molecule has 1 aliphatic rings. The van der Waals surface area contributed by atoms with Crippen molar-refractivity contribution in [1.29, 1.82) is 5.26 Å². The predicted molar refractivity (Wildman–Crippen MR) is 82.4 cm³/mol. The summed E-state index contributed by atoms with van der Waals surface area (Å²) >= 11 is 0. The van der Waals surface area contributed by atoms with E-state index < -0.39 is 17.8 Å². The molecule has 0 amide bonds. The van der Waals surface area contributed by atoms with E-state index in [0.717, 1.165) is 0 Å². The molecule has 0 unspecified atom stereocenters. The number of nitrogens with two attached hydrogens (primary N) is 1. The van der Waals surface area contributed by atoms with E-state index in [4.69, 9.17) is 19.9 Å². The first-order valence-corrected chi connectivity index (χ1v) is 7.26. The number of nitriles is 1. The average molecular weight is 366 g/mol. The lowest BCUT2D eigenvalue weighted by atomic mass is 9.83. The minimum atomic E-state index is -4.74. The van der Waals surface area contributed by atoms with Crippen LogP contribution in [0.5, 0.6) is 17.4 Å². The summed E-state index contributed by atoms with van der Waals surface area (Å²) in [7, 11) is 2.78. The van der Waals surface area contributed by atoms with Gasteiger partial charge in [0.15, 0.2) is 0 Å². The molecular weight excluding hydrogens is 353 g/mol. The van der Waals surface area contributed by atoms with Crippen molar-refractivity contribution >= 4 is 0 Å². The van der Waals surface area contributed by atoms with Gasteiger partial charge in [-0.2, -0.15) is 18.4 Å². The number of allylic oxidation sites excluding steroid dienone is 1. The maximum Gasteiger partial charge on any atom is 0.433 e. The van der Waals surface area contributed by atoms with E-state index >= 15 is 0 Å². The zero-order valence-corrected chi connectivity index (χ0v) is 13.6. The molecule has 26 heavy (non-hydrogen) atoms. The zero-order valence-electron chi connectivity index (χ0n) is 13.6. The highest BCUT2D eigenvalue weighted by atomic mass is 19.4. The molecule has 2 heterocycles. The van der Waals surface area contributed by atoms with Gasteiger partial charge in [0.1, 0.15) is 28.8 Å². The number of hydrogen-bond acceptors (Lipinski definition) is 6. The Morgan fingerprint density at radius 2 is 2.04 bits per heavy atom. The van der Waals surface area contributed by atoms with Crippen molar-refractivity contribution in [1.82, 2.24) is 10.2 Å². The topological polar surface area (TPSA) is 106 Å². The Hall–Kier alpha value is -3.35. The molecule has 3 rings (SSSR count). The quantitative estimate of drug-likeness (QED) is 0.865. The molecule has 1 aromatic heterocycles. The van der Waals surface area contributed by atoms with Gasteiger partial charge < -0.3 is 19.9 Å². The number of methoxy groups -OCH3 is 2. The molecule has 1 aliphatic heterocycles. The summed E-state index contributed by atoms with van der Waals surface area (Å²) in [6.07, 6.45) is -4.74. The van der Waals surface area contributed by atoms with Crippen molar-refractivity contribution in [3.8, 4) is 23.4 Å². The summed E-state index contributed by atoms with van der Waals surface area (Å²) in [5.41, 5.74) is 4.36. The number of fused-ring (bicyclic) bond motifs is 1. The second-order valence-corrected chi connectivity index (χ2v) is 5.35. The van der Waals surface area contributed by atoms with Crippen molar-refractivity contribution in [3.05, 3.63) is 46.5 Å². The molecular formula is C16H13F3N4O3. The maximum absolute atomic E-state index is 13.4. The third-order valence-corrected chi connectivity index (χ3v) is 3.97. The minimum absolute atomic E-state index is 0.184. The van der Waals surface area contributed by atoms with E-state index in [9.17, 15) is 18.4 Å². The van der Waals surface area contributed by atoms with Gasteiger partial charge in [0.05, 0.1) is 25.7 Å². The first kappa shape index (κ1) is 17.5. The highest BCUT2D eigenvalue weighted by Crippen LogP contribution is 2.49. The lowest BCUT2D eigenvalue weighted by Gasteiger charge is -2.26. The Kier molecular flexibility index (Phi) is 4.15. The number of H-pyrrole nitrogens is 1. The molecule has 0 spiro atoms. The van der Waals surface area contributed by atoms with Crippen LogP contribution in [0.15, 0.2) is 29.7 Å². The molecule has 0 saturated heterocycles. The minimum Gasteiger partial charge on any atom is -0.497 e. The van der Waals surface area contributed by atoms with E-state index in [1.807, 2.05) is 11.2 Å². The number of aromatic amines is 1. The first-order chi connectivity index (χ1) is 12.3. The number of hydrogen-bond donors (Lipinski definition) is 2. The Balaban J connectivity index is 2.33. The van der Waals surface area contributed by atoms with Crippen LogP contribution in [0.3, 0.4) is 0 Å². The lowest BCUT2D eigenvalue weighted by Crippen LogP contribution is -2.23. The highest BCUT2D eigenvalue weighted by Gasteiger charge is 2.45. The summed E-state index contributed by atoms with van der Waals surface area (Å²) in [4.78, 5) is 0. The smallest absolute Gasteiger partial charge is 0.433 e. The summed E-state index contributed by atoms with van der Waals surface area (Å²) in [5, 5.41) is 15.0. The molecule has 0 radical (unpaired) electrons. The van der Waals surface area contributed by atoms with Crippen molar-refractivity contribution < 1.29 is 27.4 Å². The Morgan fingerprint density at radius 1 is 1.31 bits per heavy atom. The van der Waals surface area contributed by atoms with Crippen LogP contribution in [-0.2, 0) is 6.18 Å². The van der Waals surface area contributed by atoms with Crippen LogP contribution >= 0.6 is 0 Å². The van der Waals surface area contributed by atoms with E-state index in [2.05, 4.69) is 5.10 Å². The number of nitrogens with one attached hydrogen (secondary N) is 1. The summed E-state index contributed by atoms with van der Waals surface area (Å²) < 4.78 is 55.8. The van der Waals surface area contributed by atoms with E-state index in [1.165, 1.54) is 26.4 Å². The molecule has 1 aromatic carbocycles. The molecule has 0 saturated carbocycles. The van der Waals surface area contributed by atoms with Gasteiger partial charge in [0.2, 0.25) is 11.8 Å². The molecule has 10 heteroatoms. The van der Waals surface area contributed by atoms with Crippen LogP contribution in [0.1, 0.15) is 22.7 Å². The maximum atomic E-state index is 13.4. The molecule has 2 aromatic rings. The normalized spacial score (nSPS) is 16.5. The fourth-order valence-corrected chi connectivity index (χ4v) is 2.84. The van der Waals surface area contributed by atoms with Crippen molar-refractivity contribution in [3.63, 3.8) is 0 Å². The Morgan fingerprint density at radius 3 is 2.62 bits per heavy atom. The zero-order chi connectivity index (χ0) is 19.1. The number of benzene rings is 1. The van der Waals surface area contributed by atoms with Crippen LogP contribution in [-0.4, -0.2) is 24.4 Å². The van der Waals surface area contributed by atoms with Crippen molar-refractivity contribution in [2.24, 2.45) is 5.73 Å². The van der Waals surface area contributed by atoms with Gasteiger partial charge in [0.25, 0.3) is 0 Å². The Bertz CT molecular complexity index is 928. The van der Waals surface area contributed by atoms with Crippen LogP contribution in [0, 0.1) is 11.3 Å². The Labute approximate surface area is 145 Å². The number of rotatable bonds is 3. The number of halogens is 3. The molecule has 7 nitrogen and oxygen atoms in total. The van der Waals surface area contributed by atoms with E-state index in [0.29, 0.717) is 5.75 Å². The predicted octanol–water partition coefficient (Wildman–Crippen LogP) is 2.66. The second-order valence-electron chi connectivity index (χ2n) is 5.35. The largest absolute Gasteiger partial charge is 0.497 e. The van der Waals surface area contributed by atoms with Gasteiger partial charge in [-0.15, -0.1) is 5.10 Å². The highest BCUT2D eigenvalue weighted by molar-refractivity contribution is 5.59. The van der Waals surface area contributed by atoms with Crippen LogP contribution < -0.4 is 19.9 Å². The summed E-state index contributed by atoms with van der Waals surface area (Å²) in [5.74, 6) is -1.22. The van der Waals surface area contributed by atoms with Gasteiger partial charge in [-0.3, -0.25) is 5.10 Å². The van der Waals surface area contributed by atoms with Crippen molar-refractivity contribution in [2.45, 2.75) is 12.1 Å². The van der Waals surface area contributed by atoms with Gasteiger partial charge in [0, 0.05) is 5.56 Å². The fraction of sp³-hybridized carbons (Fsp3) is 0.250. The van der Waals surface area contributed by atoms with Crippen LogP contribution in [0.2, 0.25) is 0 Å². The average Bonchev–Trinajstić information content (AvgIpc) is 3.03. The molecule has 0 bridgehead atoms. The van der Waals surface area contributed by atoms with Gasteiger partial charge in [-0.05, 0) is 18.2 Å². The lowest BCUT2D eigenvalue weighted by molar-refractivity contribution is -0.141. The number of aromatic nitrogens is 2. The third kappa shape index (κ3) is 2.67. The number of alkyl halides is 3. The molecule has 0 fully saturated rings. The van der Waals surface area contributed by atoms with Crippen LogP contribution in [0.25, 0.3) is 0 Å². The van der Waals surface area contributed by atoms with Crippen molar-refractivity contribution in [2.75, 3.05) is 14.2 Å². The van der Waals surface area contributed by atoms with E-state index in [1.54, 1.807) is 6.07 Å². The second kappa shape index (κ2) is 6.18. The van der Waals surface area contributed by atoms with Gasteiger partial charge in [-0.25, -0.2) is 0 Å². The molecule has 0 aliphatic carbocycles. The number of ether oxygens (including phenoxy) is 3. The van der Waals surface area contributed by atoms with E-state index in [-0.39, 0.29) is 34.2 Å². The van der Waals surface area contributed by atoms with Crippen LogP contribution in [0.4, 0.5) is 13.2 Å². The fourth-order valence-electron chi connectivity index (χ4n) is 2.84. The molecule has 136 valence electrons.